The summed E-state index contributed by atoms with van der Waals surface area (Å²) >= 11 is 0. The van der Waals surface area contributed by atoms with Crippen molar-refractivity contribution in [2.45, 2.75) is 11.2 Å². The zero-order valence-corrected chi connectivity index (χ0v) is 25.6. The summed E-state index contributed by atoms with van der Waals surface area (Å²) in [7, 11) is 7.85. The van der Waals surface area contributed by atoms with E-state index in [1.807, 2.05) is 123 Å². The highest BCUT2D eigenvalue weighted by Gasteiger charge is 2.58. The Balaban J connectivity index is 1.37. The molecule has 2 atom stereocenters. The molecule has 0 bridgehead atoms. The van der Waals surface area contributed by atoms with E-state index in [1.165, 1.54) is 0 Å². The van der Waals surface area contributed by atoms with Crippen LogP contribution in [0.1, 0.15) is 54.1 Å². The monoisotopic (exact) mass is 608 g/mol. The number of carbonyl (C=O) groups excluding carboxylic acids is 2. The molecule has 0 saturated heterocycles. The van der Waals surface area contributed by atoms with E-state index in [9.17, 15) is 9.59 Å². The van der Waals surface area contributed by atoms with Gasteiger partial charge in [0.2, 0.25) is 0 Å². The molecular formula is C38H28N2O6. The molecule has 0 fully saturated rings. The van der Waals surface area contributed by atoms with E-state index in [1.54, 1.807) is 12.1 Å². The highest BCUT2D eigenvalue weighted by atomic mass is 16.6. The van der Waals surface area contributed by atoms with Gasteiger partial charge in [-0.1, -0.05) is 36.4 Å². The molecule has 0 unspecified atom stereocenters. The first kappa shape index (κ1) is 26.6. The van der Waals surface area contributed by atoms with Gasteiger partial charge in [0.15, 0.2) is 11.2 Å². The lowest BCUT2D eigenvalue weighted by molar-refractivity contribution is 0.0208. The largest absolute Gasteiger partial charge is 0.456 e. The van der Waals surface area contributed by atoms with Crippen LogP contribution in [0.25, 0.3) is 0 Å². The highest BCUT2D eigenvalue weighted by Crippen LogP contribution is 2.62. The van der Waals surface area contributed by atoms with Crippen molar-refractivity contribution in [2.75, 3.05) is 38.0 Å². The summed E-state index contributed by atoms with van der Waals surface area (Å²) in [5.41, 5.74) is 4.29. The Kier molecular flexibility index (Phi) is 5.16. The molecule has 46 heavy (non-hydrogen) atoms. The van der Waals surface area contributed by atoms with Crippen molar-refractivity contribution in [1.82, 2.24) is 0 Å². The van der Waals surface area contributed by atoms with Gasteiger partial charge in [-0.25, -0.2) is 9.59 Å². The third-order valence-corrected chi connectivity index (χ3v) is 9.55. The molecule has 8 nitrogen and oxygen atoms in total. The fourth-order valence-corrected chi connectivity index (χ4v) is 7.37. The smallest absolute Gasteiger partial charge is 0.340 e. The van der Waals surface area contributed by atoms with Gasteiger partial charge in [-0.3, -0.25) is 0 Å². The van der Waals surface area contributed by atoms with Gasteiger partial charge in [-0.05, 0) is 42.5 Å². The van der Waals surface area contributed by atoms with E-state index in [0.29, 0.717) is 67.5 Å². The van der Waals surface area contributed by atoms with Gasteiger partial charge in [0.1, 0.15) is 23.0 Å². The van der Waals surface area contributed by atoms with Gasteiger partial charge in [-0.15, -0.1) is 0 Å². The predicted octanol–water partition coefficient (Wildman–Crippen LogP) is 6.95. The number of fused-ring (bicyclic) bond motifs is 12. The Labute approximate surface area is 265 Å². The summed E-state index contributed by atoms with van der Waals surface area (Å²) in [6, 6.07) is 30.4. The van der Waals surface area contributed by atoms with Crippen LogP contribution in [0.15, 0.2) is 97.1 Å². The second-order valence-electron chi connectivity index (χ2n) is 12.4. The second-order valence-corrected chi connectivity index (χ2v) is 12.4. The maximum atomic E-state index is 13.6. The van der Waals surface area contributed by atoms with Gasteiger partial charge < -0.3 is 28.7 Å². The minimum atomic E-state index is -1.31. The maximum absolute atomic E-state index is 13.6. The number of hydrogen-bond donors (Lipinski definition) is 0. The molecule has 226 valence electrons. The average Bonchev–Trinajstić information content (AvgIpc) is 3.52. The lowest BCUT2D eigenvalue weighted by Gasteiger charge is -2.41. The Morgan fingerprint density at radius 2 is 0.870 bits per heavy atom. The van der Waals surface area contributed by atoms with Crippen LogP contribution < -0.4 is 19.3 Å². The number of benzene rings is 5. The third-order valence-electron chi connectivity index (χ3n) is 9.55. The molecule has 8 heteroatoms. The van der Waals surface area contributed by atoms with Crippen LogP contribution in [-0.2, 0) is 20.7 Å². The van der Waals surface area contributed by atoms with Gasteiger partial charge in [-0.2, -0.15) is 0 Å². The Hall–Kier alpha value is -5.76. The Morgan fingerprint density at radius 3 is 1.30 bits per heavy atom. The van der Waals surface area contributed by atoms with E-state index in [-0.39, 0.29) is 0 Å². The van der Waals surface area contributed by atoms with Gasteiger partial charge >= 0.3 is 11.9 Å². The standard InChI is InChI=1S/C38H28N2O6/c1-39(2)21-13-15-27-31(17-21)43-33-20-34-30(19-29(33)37(27)25-11-7-5-9-23(25)35(41)45-37)38(26-12-8-6-10-24(26)36(42)46-38)28-16-14-22(40(3)4)18-32(28)44-34/h5-20H,1-4H3/t37-,38+. The van der Waals surface area contributed by atoms with E-state index in [4.69, 9.17) is 18.9 Å². The van der Waals surface area contributed by atoms with Crippen molar-refractivity contribution in [2.24, 2.45) is 0 Å². The topological polar surface area (TPSA) is 77.5 Å². The number of ether oxygens (including phenoxy) is 4. The van der Waals surface area contributed by atoms with Crippen molar-refractivity contribution in [3.63, 3.8) is 0 Å². The molecule has 4 aliphatic rings. The van der Waals surface area contributed by atoms with Crippen molar-refractivity contribution in [3.8, 4) is 23.0 Å². The quantitative estimate of drug-likeness (QED) is 0.199. The van der Waals surface area contributed by atoms with Crippen LogP contribution in [0.3, 0.4) is 0 Å². The highest BCUT2D eigenvalue weighted by molar-refractivity contribution is 5.98. The van der Waals surface area contributed by atoms with Crippen LogP contribution in [0.5, 0.6) is 23.0 Å². The minimum absolute atomic E-state index is 0.422. The fraction of sp³-hybridized carbons (Fsp3) is 0.158. The third kappa shape index (κ3) is 3.22. The molecule has 9 rings (SSSR count). The Morgan fingerprint density at radius 1 is 0.457 bits per heavy atom. The van der Waals surface area contributed by atoms with E-state index >= 15 is 0 Å². The average molecular weight is 609 g/mol. The van der Waals surface area contributed by atoms with Crippen molar-refractivity contribution >= 4 is 23.3 Å². The maximum Gasteiger partial charge on any atom is 0.340 e. The second kappa shape index (κ2) is 8.91. The zero-order chi connectivity index (χ0) is 31.5. The Bertz CT molecular complexity index is 2040. The van der Waals surface area contributed by atoms with Crippen molar-refractivity contribution in [1.29, 1.82) is 0 Å². The van der Waals surface area contributed by atoms with Crippen molar-refractivity contribution in [3.05, 3.63) is 142 Å². The zero-order valence-electron chi connectivity index (χ0n) is 25.6. The first-order valence-electron chi connectivity index (χ1n) is 15.1. The lowest BCUT2D eigenvalue weighted by atomic mass is 9.73. The summed E-state index contributed by atoms with van der Waals surface area (Å²) in [6.07, 6.45) is 0. The number of esters is 2. The van der Waals surface area contributed by atoms with Gasteiger partial charge in [0.05, 0.1) is 11.1 Å². The van der Waals surface area contributed by atoms with Crippen LogP contribution >= 0.6 is 0 Å². The molecule has 0 aromatic heterocycles. The minimum Gasteiger partial charge on any atom is -0.456 e. The molecule has 0 radical (unpaired) electrons. The molecule has 4 aliphatic heterocycles. The van der Waals surface area contributed by atoms with E-state index in [2.05, 4.69) is 0 Å². The molecule has 2 spiro atoms. The summed E-state index contributed by atoms with van der Waals surface area (Å²) in [4.78, 5) is 31.1. The van der Waals surface area contributed by atoms with Crippen LogP contribution in [0, 0.1) is 0 Å². The fourth-order valence-electron chi connectivity index (χ4n) is 7.37. The molecule has 0 N–H and O–H groups in total. The summed E-state index contributed by atoms with van der Waals surface area (Å²) < 4.78 is 26.2. The van der Waals surface area contributed by atoms with Crippen LogP contribution in [0.2, 0.25) is 0 Å². The summed E-state index contributed by atoms with van der Waals surface area (Å²) in [6.45, 7) is 0. The van der Waals surface area contributed by atoms with Gasteiger partial charge in [0, 0.05) is 91.1 Å². The number of nitrogens with zero attached hydrogens (tertiary/aromatic N) is 2. The molecule has 0 amide bonds. The first-order chi connectivity index (χ1) is 22.2. The first-order valence-corrected chi connectivity index (χ1v) is 15.1. The molecule has 4 heterocycles. The SMILES string of the molecule is CN(C)c1ccc2c(c1)Oc1cc3c(cc1[C@]21OC(=O)c2ccccc21)[C@@]1(OC(=O)c2ccccc21)c1ccc(N(C)C)cc1O3. The van der Waals surface area contributed by atoms with Gasteiger partial charge in [0.25, 0.3) is 0 Å². The van der Waals surface area contributed by atoms with E-state index < -0.39 is 23.1 Å². The van der Waals surface area contributed by atoms with Crippen LogP contribution in [-0.4, -0.2) is 40.1 Å². The van der Waals surface area contributed by atoms with E-state index in [0.717, 1.165) is 11.4 Å². The number of carbonyl (C=O) groups is 2. The molecule has 5 aromatic rings. The molecular weight excluding hydrogens is 580 g/mol. The predicted molar refractivity (Wildman–Crippen MR) is 172 cm³/mol. The van der Waals surface area contributed by atoms with Crippen LogP contribution in [0.4, 0.5) is 11.4 Å². The molecule has 5 aromatic carbocycles. The normalized spacial score (nSPS) is 20.7. The number of rotatable bonds is 2. The molecule has 0 saturated carbocycles. The number of anilines is 2. The summed E-state index contributed by atoms with van der Waals surface area (Å²) in [5, 5.41) is 0. The van der Waals surface area contributed by atoms with Crippen molar-refractivity contribution < 1.29 is 28.5 Å². The lowest BCUT2D eigenvalue weighted by Crippen LogP contribution is -2.36. The summed E-state index contributed by atoms with van der Waals surface area (Å²) in [5.74, 6) is 1.25. The number of hydrogen-bond acceptors (Lipinski definition) is 8. The molecule has 0 aliphatic carbocycles.